The molecule has 5 aromatic carbocycles. The van der Waals surface area contributed by atoms with Crippen LogP contribution in [0.4, 0.5) is 11.4 Å². The number of amides is 4. The Labute approximate surface area is 260 Å². The van der Waals surface area contributed by atoms with Gasteiger partial charge in [-0.15, -0.1) is 0 Å². The van der Waals surface area contributed by atoms with Crippen molar-refractivity contribution in [2.45, 2.75) is 0 Å². The Hall–Kier alpha value is -5.44. The molecular formula is C34H18Cl2N2O6. The summed E-state index contributed by atoms with van der Waals surface area (Å²) < 4.78 is 12.0. The van der Waals surface area contributed by atoms with Crippen LogP contribution in [0.15, 0.2) is 109 Å². The molecule has 10 heteroatoms. The van der Waals surface area contributed by atoms with E-state index in [2.05, 4.69) is 0 Å². The quantitative estimate of drug-likeness (QED) is 0.178. The highest BCUT2D eigenvalue weighted by molar-refractivity contribution is 6.43. The zero-order valence-corrected chi connectivity index (χ0v) is 24.0. The van der Waals surface area contributed by atoms with E-state index >= 15 is 0 Å². The Morgan fingerprint density at radius 2 is 0.818 bits per heavy atom. The predicted octanol–water partition coefficient (Wildman–Crippen LogP) is 8.18. The number of ether oxygens (including phenoxy) is 2. The molecule has 7 rings (SSSR count). The van der Waals surface area contributed by atoms with Gasteiger partial charge in [-0.2, -0.15) is 0 Å². The maximum Gasteiger partial charge on any atom is 0.267 e. The predicted molar refractivity (Wildman–Crippen MR) is 165 cm³/mol. The first-order chi connectivity index (χ1) is 21.3. The van der Waals surface area contributed by atoms with Gasteiger partial charge >= 0.3 is 0 Å². The minimum Gasteiger partial charge on any atom is -0.457 e. The van der Waals surface area contributed by atoms with Crippen molar-refractivity contribution < 1.29 is 28.7 Å². The van der Waals surface area contributed by atoms with Crippen LogP contribution in [-0.4, -0.2) is 23.6 Å². The Bertz CT molecular complexity index is 1880. The van der Waals surface area contributed by atoms with Gasteiger partial charge in [-0.25, -0.2) is 9.80 Å². The van der Waals surface area contributed by atoms with Crippen LogP contribution in [0.2, 0.25) is 10.0 Å². The average Bonchev–Trinajstić information content (AvgIpc) is 3.43. The Kier molecular flexibility index (Phi) is 6.65. The molecule has 0 aliphatic carbocycles. The van der Waals surface area contributed by atoms with E-state index in [0.29, 0.717) is 34.4 Å². The molecule has 0 unspecified atom stereocenters. The molecule has 0 saturated heterocycles. The van der Waals surface area contributed by atoms with Crippen LogP contribution in [-0.2, 0) is 0 Å². The van der Waals surface area contributed by atoms with E-state index < -0.39 is 23.6 Å². The second kappa shape index (κ2) is 10.7. The van der Waals surface area contributed by atoms with Crippen LogP contribution in [0.5, 0.6) is 23.0 Å². The van der Waals surface area contributed by atoms with Gasteiger partial charge in [-0.05, 0) is 84.9 Å². The molecule has 0 fully saturated rings. The fourth-order valence-corrected chi connectivity index (χ4v) is 5.67. The van der Waals surface area contributed by atoms with E-state index in [0.717, 1.165) is 9.80 Å². The number of hydrogen-bond donors (Lipinski definition) is 0. The van der Waals surface area contributed by atoms with E-state index in [1.165, 1.54) is 0 Å². The van der Waals surface area contributed by atoms with Crippen molar-refractivity contribution >= 4 is 58.2 Å². The fourth-order valence-electron chi connectivity index (χ4n) is 5.16. The number of anilines is 2. The zero-order chi connectivity index (χ0) is 30.5. The smallest absolute Gasteiger partial charge is 0.267 e. The Morgan fingerprint density at radius 3 is 1.20 bits per heavy atom. The summed E-state index contributed by atoms with van der Waals surface area (Å²) >= 11 is 12.3. The number of fused-ring (bicyclic) bond motifs is 2. The number of benzene rings is 5. The van der Waals surface area contributed by atoms with Crippen molar-refractivity contribution in [3.8, 4) is 23.0 Å². The van der Waals surface area contributed by atoms with Gasteiger partial charge in [-0.3, -0.25) is 19.2 Å². The third kappa shape index (κ3) is 4.57. The standard InChI is InChI=1S/C34H18Cl2N2O6/c35-27-8-2-6-25-29(27)33(41)37(31(25)39)19-10-14-21(15-11-19)43-23-4-1-5-24(18-23)44-22-16-12-20(13-17-22)38-32(40)26-7-3-9-28(36)30(26)34(38)42/h1-18H. The van der Waals surface area contributed by atoms with Crippen molar-refractivity contribution in [1.29, 1.82) is 0 Å². The van der Waals surface area contributed by atoms with Crippen LogP contribution in [0.25, 0.3) is 0 Å². The molecule has 2 aliphatic heterocycles. The Morgan fingerprint density at radius 1 is 0.432 bits per heavy atom. The second-order valence-electron chi connectivity index (χ2n) is 9.88. The third-order valence-electron chi connectivity index (χ3n) is 7.19. The first-order valence-electron chi connectivity index (χ1n) is 13.3. The number of hydrogen-bond acceptors (Lipinski definition) is 6. The molecule has 44 heavy (non-hydrogen) atoms. The van der Waals surface area contributed by atoms with Gasteiger partial charge in [0.2, 0.25) is 0 Å². The monoisotopic (exact) mass is 620 g/mol. The van der Waals surface area contributed by atoms with E-state index in [-0.39, 0.29) is 32.3 Å². The third-order valence-corrected chi connectivity index (χ3v) is 7.82. The minimum atomic E-state index is -0.477. The highest BCUT2D eigenvalue weighted by Gasteiger charge is 2.39. The molecule has 0 bridgehead atoms. The highest BCUT2D eigenvalue weighted by Crippen LogP contribution is 2.36. The van der Waals surface area contributed by atoms with Crippen molar-refractivity contribution in [2.24, 2.45) is 0 Å². The van der Waals surface area contributed by atoms with Crippen LogP contribution in [0.1, 0.15) is 41.4 Å². The summed E-state index contributed by atoms with van der Waals surface area (Å²) in [5, 5.41) is 0.462. The Balaban J connectivity index is 1.03. The van der Waals surface area contributed by atoms with E-state index in [1.54, 1.807) is 109 Å². The molecule has 214 valence electrons. The van der Waals surface area contributed by atoms with Gasteiger partial charge in [0.15, 0.2) is 0 Å². The molecular weight excluding hydrogens is 603 g/mol. The SMILES string of the molecule is O=C1c2cccc(Cl)c2C(=O)N1c1ccc(Oc2cccc(Oc3ccc(N4C(=O)c5cccc(Cl)c5C4=O)cc3)c2)cc1. The van der Waals surface area contributed by atoms with Gasteiger partial charge in [-0.1, -0.05) is 41.4 Å². The van der Waals surface area contributed by atoms with Crippen molar-refractivity contribution in [2.75, 3.05) is 9.80 Å². The summed E-state index contributed by atoms with van der Waals surface area (Å²) in [6.07, 6.45) is 0. The van der Waals surface area contributed by atoms with Crippen molar-refractivity contribution in [3.05, 3.63) is 141 Å². The molecule has 4 amide bonds. The molecule has 0 spiro atoms. The number of rotatable bonds is 6. The highest BCUT2D eigenvalue weighted by atomic mass is 35.5. The first kappa shape index (κ1) is 27.4. The lowest BCUT2D eigenvalue weighted by Crippen LogP contribution is -2.29. The lowest BCUT2D eigenvalue weighted by atomic mass is 10.1. The van der Waals surface area contributed by atoms with Gasteiger partial charge < -0.3 is 9.47 Å². The molecule has 2 aliphatic rings. The van der Waals surface area contributed by atoms with Crippen LogP contribution < -0.4 is 19.3 Å². The lowest BCUT2D eigenvalue weighted by Gasteiger charge is -2.15. The summed E-state index contributed by atoms with van der Waals surface area (Å²) in [6, 6.07) is 29.6. The number of carbonyl (C=O) groups excluding carboxylic acids is 4. The van der Waals surface area contributed by atoms with Gasteiger partial charge in [0.25, 0.3) is 23.6 Å². The average molecular weight is 621 g/mol. The maximum absolute atomic E-state index is 12.9. The van der Waals surface area contributed by atoms with Crippen LogP contribution >= 0.6 is 23.2 Å². The van der Waals surface area contributed by atoms with Crippen LogP contribution in [0.3, 0.4) is 0 Å². The molecule has 0 N–H and O–H groups in total. The molecule has 5 aromatic rings. The lowest BCUT2D eigenvalue weighted by molar-refractivity contribution is 0.0910. The number of nitrogens with zero attached hydrogens (tertiary/aromatic N) is 2. The van der Waals surface area contributed by atoms with E-state index in [9.17, 15) is 19.2 Å². The maximum atomic E-state index is 12.9. The van der Waals surface area contributed by atoms with Crippen molar-refractivity contribution in [3.63, 3.8) is 0 Å². The molecule has 0 saturated carbocycles. The van der Waals surface area contributed by atoms with Gasteiger partial charge in [0.05, 0.1) is 43.7 Å². The van der Waals surface area contributed by atoms with Crippen LogP contribution in [0, 0.1) is 0 Å². The van der Waals surface area contributed by atoms with E-state index in [1.807, 2.05) is 0 Å². The number of halogens is 2. The first-order valence-corrected chi connectivity index (χ1v) is 14.1. The van der Waals surface area contributed by atoms with Crippen molar-refractivity contribution in [1.82, 2.24) is 0 Å². The minimum absolute atomic E-state index is 0.194. The molecule has 0 aromatic heterocycles. The zero-order valence-electron chi connectivity index (χ0n) is 22.5. The number of imide groups is 2. The normalized spacial score (nSPS) is 13.8. The number of carbonyl (C=O) groups is 4. The van der Waals surface area contributed by atoms with Gasteiger partial charge in [0.1, 0.15) is 23.0 Å². The topological polar surface area (TPSA) is 93.2 Å². The summed E-state index contributed by atoms with van der Waals surface area (Å²) in [5.74, 6) is 0.103. The molecule has 2 heterocycles. The second-order valence-corrected chi connectivity index (χ2v) is 10.7. The summed E-state index contributed by atoms with van der Waals surface area (Å²) in [6.45, 7) is 0. The summed E-state index contributed by atoms with van der Waals surface area (Å²) in [4.78, 5) is 53.7. The summed E-state index contributed by atoms with van der Waals surface area (Å²) in [5.41, 5.74) is 1.71. The van der Waals surface area contributed by atoms with Gasteiger partial charge in [0, 0.05) is 6.07 Å². The largest absolute Gasteiger partial charge is 0.457 e. The molecule has 0 atom stereocenters. The molecule has 8 nitrogen and oxygen atoms in total. The summed E-state index contributed by atoms with van der Waals surface area (Å²) in [7, 11) is 0. The fraction of sp³-hybridized carbons (Fsp3) is 0. The molecule has 0 radical (unpaired) electrons. The van der Waals surface area contributed by atoms with E-state index in [4.69, 9.17) is 32.7 Å².